The molecule has 0 saturated carbocycles. The second-order valence-electron chi connectivity index (χ2n) is 5.94. The van der Waals surface area contributed by atoms with Gasteiger partial charge in [-0.2, -0.15) is 0 Å². The summed E-state index contributed by atoms with van der Waals surface area (Å²) in [6, 6.07) is 7.84. The average molecular weight is 345 g/mol. The van der Waals surface area contributed by atoms with Gasteiger partial charge in [-0.3, -0.25) is 4.79 Å². The third-order valence-electron chi connectivity index (χ3n) is 4.14. The van der Waals surface area contributed by atoms with Crippen LogP contribution in [-0.4, -0.2) is 60.5 Å². The van der Waals surface area contributed by atoms with Crippen molar-refractivity contribution < 1.29 is 9.53 Å². The Hall–Kier alpha value is -1.92. The molecule has 1 aromatic carbocycles. The van der Waals surface area contributed by atoms with Crippen LogP contribution in [0.5, 0.6) is 5.75 Å². The minimum absolute atomic E-state index is 0.0405. The molecule has 1 aliphatic heterocycles. The largest absolute Gasteiger partial charge is 0.494 e. The molecule has 3 rings (SSSR count). The number of ether oxygens (including phenoxy) is 1. The molecule has 0 N–H and O–H groups in total. The first kappa shape index (κ1) is 16.9. The van der Waals surface area contributed by atoms with Gasteiger partial charge in [-0.1, -0.05) is 0 Å². The van der Waals surface area contributed by atoms with Gasteiger partial charge in [0, 0.05) is 30.6 Å². The van der Waals surface area contributed by atoms with Crippen LogP contribution < -0.4 is 4.74 Å². The summed E-state index contributed by atoms with van der Waals surface area (Å²) in [6.45, 7) is 6.15. The number of amides is 1. The van der Waals surface area contributed by atoms with Gasteiger partial charge >= 0.3 is 0 Å². The molecule has 1 fully saturated rings. The lowest BCUT2D eigenvalue weighted by molar-refractivity contribution is 0.0758. The lowest BCUT2D eigenvalue weighted by Gasteiger charge is -2.19. The zero-order valence-electron chi connectivity index (χ0n) is 14.2. The van der Waals surface area contributed by atoms with E-state index >= 15 is 0 Å². The van der Waals surface area contributed by atoms with E-state index in [0.29, 0.717) is 12.3 Å². The Bertz CT molecular complexity index is 684. The molecule has 5 nitrogen and oxygen atoms in total. The number of likely N-dealkylation sites (N-methyl/N-ethyl adjacent to an activating group) is 1. The number of nitrogens with zero attached hydrogens (tertiary/aromatic N) is 3. The van der Waals surface area contributed by atoms with Crippen LogP contribution in [-0.2, 0) is 0 Å². The second-order valence-corrected chi connectivity index (χ2v) is 6.80. The molecule has 1 amide bonds. The van der Waals surface area contributed by atoms with Gasteiger partial charge in [-0.15, -0.1) is 11.3 Å². The van der Waals surface area contributed by atoms with Gasteiger partial charge in [0.05, 0.1) is 6.61 Å². The number of rotatable bonds is 4. The first-order valence-electron chi connectivity index (χ1n) is 8.34. The SMILES string of the molecule is CCOc1ccc(-c2nc(C(=O)N3CCCN(C)CC3)cs2)cc1. The molecule has 1 aromatic heterocycles. The summed E-state index contributed by atoms with van der Waals surface area (Å²) in [7, 11) is 2.10. The molecule has 0 atom stereocenters. The van der Waals surface area contributed by atoms with Gasteiger partial charge in [0.1, 0.15) is 16.5 Å². The predicted octanol–water partition coefficient (Wildman–Crippen LogP) is 2.99. The highest BCUT2D eigenvalue weighted by atomic mass is 32.1. The summed E-state index contributed by atoms with van der Waals surface area (Å²) in [5.41, 5.74) is 1.56. The lowest BCUT2D eigenvalue weighted by Crippen LogP contribution is -2.34. The zero-order valence-corrected chi connectivity index (χ0v) is 15.0. The molecule has 1 aliphatic rings. The summed E-state index contributed by atoms with van der Waals surface area (Å²) in [5.74, 6) is 0.890. The molecule has 0 aliphatic carbocycles. The van der Waals surface area contributed by atoms with E-state index in [1.54, 1.807) is 0 Å². The molecule has 0 unspecified atom stereocenters. The van der Waals surface area contributed by atoms with E-state index in [1.165, 1.54) is 11.3 Å². The molecular weight excluding hydrogens is 322 g/mol. The van der Waals surface area contributed by atoms with Crippen molar-refractivity contribution in [3.63, 3.8) is 0 Å². The quantitative estimate of drug-likeness (QED) is 0.855. The highest BCUT2D eigenvalue weighted by Crippen LogP contribution is 2.26. The number of aromatic nitrogens is 1. The maximum Gasteiger partial charge on any atom is 0.273 e. The molecule has 0 spiro atoms. The maximum atomic E-state index is 12.7. The topological polar surface area (TPSA) is 45.7 Å². The molecule has 2 aromatic rings. The van der Waals surface area contributed by atoms with E-state index < -0.39 is 0 Å². The molecule has 2 heterocycles. The molecule has 0 bridgehead atoms. The van der Waals surface area contributed by atoms with Gasteiger partial charge < -0.3 is 14.5 Å². The molecule has 6 heteroatoms. The van der Waals surface area contributed by atoms with Crippen molar-refractivity contribution in [2.24, 2.45) is 0 Å². The Morgan fingerprint density at radius 2 is 2.00 bits per heavy atom. The van der Waals surface area contributed by atoms with Gasteiger partial charge in [0.15, 0.2) is 0 Å². The fraction of sp³-hybridized carbons (Fsp3) is 0.444. The standard InChI is InChI=1S/C18H23N3O2S/c1-3-23-15-7-5-14(6-8-15)17-19-16(13-24-17)18(22)21-10-4-9-20(2)11-12-21/h5-8,13H,3-4,9-12H2,1-2H3. The zero-order chi connectivity index (χ0) is 16.9. The third kappa shape index (κ3) is 3.94. The fourth-order valence-electron chi connectivity index (χ4n) is 2.78. The van der Waals surface area contributed by atoms with Gasteiger partial charge in [-0.05, 0) is 51.2 Å². The monoisotopic (exact) mass is 345 g/mol. The first-order chi connectivity index (χ1) is 11.7. The maximum absolute atomic E-state index is 12.7. The molecule has 0 radical (unpaired) electrons. The van der Waals surface area contributed by atoms with Crippen LogP contribution in [0, 0.1) is 0 Å². The predicted molar refractivity (Wildman–Crippen MR) is 96.7 cm³/mol. The average Bonchev–Trinajstić information content (AvgIpc) is 2.98. The van der Waals surface area contributed by atoms with Crippen LogP contribution in [0.3, 0.4) is 0 Å². The van der Waals surface area contributed by atoms with Crippen molar-refractivity contribution in [3.8, 4) is 16.3 Å². The second kappa shape index (κ2) is 7.77. The number of hydrogen-bond acceptors (Lipinski definition) is 5. The third-order valence-corrected chi connectivity index (χ3v) is 5.03. The minimum Gasteiger partial charge on any atom is -0.494 e. The number of carbonyl (C=O) groups is 1. The summed E-state index contributed by atoms with van der Waals surface area (Å²) < 4.78 is 5.46. The Morgan fingerprint density at radius 3 is 2.75 bits per heavy atom. The molecule has 1 saturated heterocycles. The van der Waals surface area contributed by atoms with E-state index in [0.717, 1.165) is 48.9 Å². The minimum atomic E-state index is 0.0405. The summed E-state index contributed by atoms with van der Waals surface area (Å²) >= 11 is 1.51. The van der Waals surface area contributed by atoms with E-state index in [1.807, 2.05) is 41.5 Å². The Morgan fingerprint density at radius 1 is 1.21 bits per heavy atom. The van der Waals surface area contributed by atoms with E-state index in [-0.39, 0.29) is 5.91 Å². The Labute approximate surface area is 146 Å². The number of carbonyl (C=O) groups excluding carboxylic acids is 1. The van der Waals surface area contributed by atoms with Crippen molar-refractivity contribution in [2.45, 2.75) is 13.3 Å². The van der Waals surface area contributed by atoms with E-state index in [9.17, 15) is 4.79 Å². The molecule has 128 valence electrons. The Kier molecular flexibility index (Phi) is 5.48. The molecule has 24 heavy (non-hydrogen) atoms. The summed E-state index contributed by atoms with van der Waals surface area (Å²) in [4.78, 5) is 21.4. The van der Waals surface area contributed by atoms with Gasteiger partial charge in [0.25, 0.3) is 5.91 Å². The number of benzene rings is 1. The van der Waals surface area contributed by atoms with Crippen molar-refractivity contribution in [1.29, 1.82) is 0 Å². The van der Waals surface area contributed by atoms with Gasteiger partial charge in [0.2, 0.25) is 0 Å². The van der Waals surface area contributed by atoms with Crippen molar-refractivity contribution >= 4 is 17.2 Å². The number of thiazole rings is 1. The lowest BCUT2D eigenvalue weighted by atomic mass is 10.2. The van der Waals surface area contributed by atoms with Gasteiger partial charge in [-0.25, -0.2) is 4.98 Å². The van der Waals surface area contributed by atoms with Crippen molar-refractivity contribution in [3.05, 3.63) is 35.3 Å². The summed E-state index contributed by atoms with van der Waals surface area (Å²) in [5, 5.41) is 2.73. The summed E-state index contributed by atoms with van der Waals surface area (Å²) in [6.07, 6.45) is 1.01. The normalized spacial score (nSPS) is 16.0. The van der Waals surface area contributed by atoms with E-state index in [2.05, 4.69) is 16.9 Å². The highest BCUT2D eigenvalue weighted by molar-refractivity contribution is 7.13. The van der Waals surface area contributed by atoms with Crippen LogP contribution in [0.4, 0.5) is 0 Å². The van der Waals surface area contributed by atoms with Crippen LogP contribution in [0.2, 0.25) is 0 Å². The van der Waals surface area contributed by atoms with Crippen molar-refractivity contribution in [1.82, 2.24) is 14.8 Å². The molecular formula is C18H23N3O2S. The van der Waals surface area contributed by atoms with Crippen LogP contribution in [0.1, 0.15) is 23.8 Å². The first-order valence-corrected chi connectivity index (χ1v) is 9.22. The number of hydrogen-bond donors (Lipinski definition) is 0. The fourth-order valence-corrected chi connectivity index (χ4v) is 3.58. The highest BCUT2D eigenvalue weighted by Gasteiger charge is 2.21. The Balaban J connectivity index is 1.71. The van der Waals surface area contributed by atoms with Crippen molar-refractivity contribution in [2.75, 3.05) is 39.8 Å². The van der Waals surface area contributed by atoms with Crippen LogP contribution >= 0.6 is 11.3 Å². The van der Waals surface area contributed by atoms with Crippen LogP contribution in [0.25, 0.3) is 10.6 Å². The van der Waals surface area contributed by atoms with Crippen LogP contribution in [0.15, 0.2) is 29.6 Å². The smallest absolute Gasteiger partial charge is 0.273 e. The van der Waals surface area contributed by atoms with E-state index in [4.69, 9.17) is 4.74 Å².